The van der Waals surface area contributed by atoms with Gasteiger partial charge < -0.3 is 10.1 Å². The van der Waals surface area contributed by atoms with Gasteiger partial charge in [-0.3, -0.25) is 0 Å². The first-order valence-corrected chi connectivity index (χ1v) is 5.61. The molecule has 0 bridgehead atoms. The molecule has 1 atom stereocenters. The summed E-state index contributed by atoms with van der Waals surface area (Å²) in [6.45, 7) is 0. The largest absolute Gasteiger partial charge is 0.468 e. The number of para-hydroxylation sites is 1. The molecule has 1 aromatic carbocycles. The fourth-order valence-electron chi connectivity index (χ4n) is 1.75. The highest BCUT2D eigenvalue weighted by Gasteiger charge is 2.20. The summed E-state index contributed by atoms with van der Waals surface area (Å²) in [5.41, 5.74) is 1.72. The van der Waals surface area contributed by atoms with E-state index in [2.05, 4.69) is 10.4 Å². The van der Waals surface area contributed by atoms with Crippen LogP contribution in [0.1, 0.15) is 11.6 Å². The quantitative estimate of drug-likeness (QED) is 0.825. The Morgan fingerprint density at radius 2 is 2.11 bits per heavy atom. The molecule has 0 aliphatic rings. The number of esters is 1. The predicted molar refractivity (Wildman–Crippen MR) is 67.4 cm³/mol. The van der Waals surface area contributed by atoms with Crippen LogP contribution in [-0.4, -0.2) is 29.9 Å². The second-order valence-electron chi connectivity index (χ2n) is 3.80. The Morgan fingerprint density at radius 1 is 1.39 bits per heavy atom. The molecular formula is C13H15N3O2. The van der Waals surface area contributed by atoms with E-state index in [9.17, 15) is 4.79 Å². The Morgan fingerprint density at radius 3 is 2.72 bits per heavy atom. The average molecular weight is 245 g/mol. The van der Waals surface area contributed by atoms with E-state index in [0.29, 0.717) is 0 Å². The lowest BCUT2D eigenvalue weighted by Gasteiger charge is -2.10. The van der Waals surface area contributed by atoms with Gasteiger partial charge in [0.15, 0.2) is 0 Å². The summed E-state index contributed by atoms with van der Waals surface area (Å²) in [5.74, 6) is -0.329. The smallest absolute Gasteiger partial charge is 0.327 e. The molecule has 2 rings (SSSR count). The van der Waals surface area contributed by atoms with Crippen LogP contribution < -0.4 is 5.32 Å². The zero-order valence-electron chi connectivity index (χ0n) is 10.3. The molecule has 0 saturated heterocycles. The van der Waals surface area contributed by atoms with Gasteiger partial charge >= 0.3 is 5.97 Å². The van der Waals surface area contributed by atoms with Gasteiger partial charge in [-0.05, 0) is 19.2 Å². The van der Waals surface area contributed by atoms with Crippen molar-refractivity contribution in [2.45, 2.75) is 6.04 Å². The molecule has 0 aliphatic carbocycles. The lowest BCUT2D eigenvalue weighted by molar-refractivity contribution is -0.143. The van der Waals surface area contributed by atoms with Gasteiger partial charge in [-0.1, -0.05) is 18.2 Å². The van der Waals surface area contributed by atoms with Gasteiger partial charge in [-0.15, -0.1) is 0 Å². The number of carbonyl (C=O) groups is 1. The van der Waals surface area contributed by atoms with E-state index in [1.807, 2.05) is 36.5 Å². The number of hydrogen-bond acceptors (Lipinski definition) is 4. The summed E-state index contributed by atoms with van der Waals surface area (Å²) in [5, 5.41) is 7.15. The second-order valence-corrected chi connectivity index (χ2v) is 3.80. The molecule has 0 saturated carbocycles. The molecule has 0 spiro atoms. The molecule has 1 aromatic heterocycles. The number of methoxy groups -OCH3 is 1. The van der Waals surface area contributed by atoms with Crippen LogP contribution >= 0.6 is 0 Å². The van der Waals surface area contributed by atoms with Crippen LogP contribution in [0.2, 0.25) is 0 Å². The Balaban J connectivity index is 2.27. The van der Waals surface area contributed by atoms with E-state index in [1.54, 1.807) is 17.9 Å². The third-order valence-corrected chi connectivity index (χ3v) is 2.68. The number of hydrogen-bond donors (Lipinski definition) is 1. The zero-order valence-corrected chi connectivity index (χ0v) is 10.3. The summed E-state index contributed by atoms with van der Waals surface area (Å²) < 4.78 is 6.46. The van der Waals surface area contributed by atoms with Crippen molar-refractivity contribution in [2.24, 2.45) is 0 Å². The van der Waals surface area contributed by atoms with Crippen LogP contribution in [0, 0.1) is 0 Å². The second kappa shape index (κ2) is 5.46. The van der Waals surface area contributed by atoms with Crippen LogP contribution in [0.3, 0.4) is 0 Å². The maximum atomic E-state index is 11.6. The lowest BCUT2D eigenvalue weighted by atomic mass is 10.1. The van der Waals surface area contributed by atoms with E-state index >= 15 is 0 Å². The summed E-state index contributed by atoms with van der Waals surface area (Å²) in [6, 6.07) is 9.22. The highest BCUT2D eigenvalue weighted by Crippen LogP contribution is 2.15. The van der Waals surface area contributed by atoms with Crippen molar-refractivity contribution < 1.29 is 9.53 Å². The van der Waals surface area contributed by atoms with Crippen molar-refractivity contribution in [3.8, 4) is 5.69 Å². The number of ether oxygens (including phenoxy) is 1. The molecule has 94 valence electrons. The van der Waals surface area contributed by atoms with Gasteiger partial charge in [-0.2, -0.15) is 5.10 Å². The normalized spacial score (nSPS) is 12.1. The molecule has 1 heterocycles. The molecule has 0 aliphatic heterocycles. The summed E-state index contributed by atoms with van der Waals surface area (Å²) in [7, 11) is 3.08. The first-order chi connectivity index (χ1) is 8.76. The van der Waals surface area contributed by atoms with Gasteiger partial charge in [0.05, 0.1) is 19.0 Å². The Kier molecular flexibility index (Phi) is 3.74. The molecule has 0 fully saturated rings. The average Bonchev–Trinajstić information content (AvgIpc) is 2.90. The van der Waals surface area contributed by atoms with Gasteiger partial charge in [0, 0.05) is 11.8 Å². The van der Waals surface area contributed by atoms with Gasteiger partial charge in [-0.25, -0.2) is 9.48 Å². The lowest BCUT2D eigenvalue weighted by Crippen LogP contribution is -2.26. The van der Waals surface area contributed by atoms with Crippen LogP contribution in [-0.2, 0) is 9.53 Å². The SMILES string of the molecule is CNC(C(=O)OC)c1cnn(-c2ccccc2)c1. The Hall–Kier alpha value is -2.14. The van der Waals surface area contributed by atoms with Crippen LogP contribution in [0.15, 0.2) is 42.7 Å². The predicted octanol–water partition coefficient (Wildman–Crippen LogP) is 1.31. The van der Waals surface area contributed by atoms with Gasteiger partial charge in [0.25, 0.3) is 0 Å². The molecule has 2 aromatic rings. The minimum Gasteiger partial charge on any atom is -0.468 e. The fraction of sp³-hybridized carbons (Fsp3) is 0.231. The fourth-order valence-corrected chi connectivity index (χ4v) is 1.75. The maximum absolute atomic E-state index is 11.6. The van der Waals surface area contributed by atoms with E-state index in [4.69, 9.17) is 4.74 Å². The van der Waals surface area contributed by atoms with Crippen LogP contribution in [0.5, 0.6) is 0 Å². The Bertz CT molecular complexity index is 522. The topological polar surface area (TPSA) is 56.1 Å². The first-order valence-electron chi connectivity index (χ1n) is 5.61. The number of rotatable bonds is 4. The zero-order chi connectivity index (χ0) is 13.0. The van der Waals surface area contributed by atoms with Crippen molar-refractivity contribution in [1.29, 1.82) is 0 Å². The third kappa shape index (κ3) is 2.41. The van der Waals surface area contributed by atoms with Crippen molar-refractivity contribution in [3.63, 3.8) is 0 Å². The van der Waals surface area contributed by atoms with E-state index in [0.717, 1.165) is 11.3 Å². The molecule has 1 unspecified atom stereocenters. The minimum absolute atomic E-state index is 0.329. The standard InChI is InChI=1S/C13H15N3O2/c1-14-12(13(17)18-2)10-8-15-16(9-10)11-6-4-3-5-7-11/h3-9,12,14H,1-2H3. The Labute approximate surface area is 105 Å². The van der Waals surface area contributed by atoms with Gasteiger partial charge in [0.1, 0.15) is 6.04 Å². The van der Waals surface area contributed by atoms with Crippen molar-refractivity contribution in [2.75, 3.05) is 14.2 Å². The van der Waals surface area contributed by atoms with Crippen LogP contribution in [0.4, 0.5) is 0 Å². The van der Waals surface area contributed by atoms with E-state index in [1.165, 1.54) is 7.11 Å². The molecule has 0 amide bonds. The summed E-state index contributed by atoms with van der Waals surface area (Å²) >= 11 is 0. The maximum Gasteiger partial charge on any atom is 0.327 e. The highest BCUT2D eigenvalue weighted by atomic mass is 16.5. The van der Waals surface area contributed by atoms with Crippen molar-refractivity contribution in [3.05, 3.63) is 48.3 Å². The number of nitrogens with zero attached hydrogens (tertiary/aromatic N) is 2. The highest BCUT2D eigenvalue weighted by molar-refractivity contribution is 5.77. The van der Waals surface area contributed by atoms with E-state index < -0.39 is 6.04 Å². The van der Waals surface area contributed by atoms with Crippen molar-refractivity contribution >= 4 is 5.97 Å². The number of nitrogens with one attached hydrogen (secondary N) is 1. The first kappa shape index (κ1) is 12.3. The summed E-state index contributed by atoms with van der Waals surface area (Å²) in [4.78, 5) is 11.6. The summed E-state index contributed by atoms with van der Waals surface area (Å²) in [6.07, 6.45) is 3.47. The van der Waals surface area contributed by atoms with E-state index in [-0.39, 0.29) is 5.97 Å². The number of benzene rings is 1. The van der Waals surface area contributed by atoms with Crippen molar-refractivity contribution in [1.82, 2.24) is 15.1 Å². The molecule has 5 heteroatoms. The third-order valence-electron chi connectivity index (χ3n) is 2.68. The monoisotopic (exact) mass is 245 g/mol. The van der Waals surface area contributed by atoms with Gasteiger partial charge in [0.2, 0.25) is 0 Å². The minimum atomic E-state index is -0.493. The molecular weight excluding hydrogens is 230 g/mol. The number of likely N-dealkylation sites (N-methyl/N-ethyl adjacent to an activating group) is 1. The van der Waals surface area contributed by atoms with Crippen LogP contribution in [0.25, 0.3) is 5.69 Å². The number of aromatic nitrogens is 2. The molecule has 1 N–H and O–H groups in total. The number of carbonyl (C=O) groups excluding carboxylic acids is 1. The molecule has 18 heavy (non-hydrogen) atoms. The molecule has 0 radical (unpaired) electrons. The molecule has 5 nitrogen and oxygen atoms in total.